The molecule has 0 fully saturated rings. The summed E-state index contributed by atoms with van der Waals surface area (Å²) in [6.45, 7) is 3.12. The predicted octanol–water partition coefficient (Wildman–Crippen LogP) is -4.80. The third kappa shape index (κ3) is 4.05. The van der Waals surface area contributed by atoms with Crippen LogP contribution in [0.1, 0.15) is 29.5 Å². The largest absolute Gasteiger partial charge is 1.00 e. The van der Waals surface area contributed by atoms with E-state index in [1.165, 1.54) is 0 Å². The molecule has 0 spiro atoms. The Morgan fingerprint density at radius 3 is 1.38 bits per heavy atom. The number of carboxylic acid groups (broad SMARTS) is 2. The minimum Gasteiger partial charge on any atom is -1.00 e. The molecule has 68 valence electrons. The van der Waals surface area contributed by atoms with Crippen LogP contribution < -0.4 is 48.4 Å². The Hall–Kier alpha value is 0.537. The number of carboxylic acids is 2. The summed E-state index contributed by atoms with van der Waals surface area (Å²) in [7, 11) is 0. The summed E-state index contributed by atoms with van der Waals surface area (Å²) in [6, 6.07) is 0. The smallest absolute Gasteiger partial charge is 1.00 e. The SMILES string of the molecule is CCC(CC)(C(=O)O)C(=O)O.[H-].[H-].[Li+].[Na+]. The van der Waals surface area contributed by atoms with Crippen LogP contribution in [-0.2, 0) is 9.59 Å². The molecule has 0 unspecified atom stereocenters. The molecule has 0 atom stereocenters. The van der Waals surface area contributed by atoms with E-state index in [0.29, 0.717) is 0 Å². The van der Waals surface area contributed by atoms with Gasteiger partial charge in [-0.15, -0.1) is 0 Å². The summed E-state index contributed by atoms with van der Waals surface area (Å²) >= 11 is 0. The monoisotopic (exact) mass is 192 g/mol. The number of hydrogen-bond acceptors (Lipinski definition) is 2. The van der Waals surface area contributed by atoms with E-state index in [2.05, 4.69) is 0 Å². The molecule has 0 aromatic rings. The molecule has 0 heterocycles. The van der Waals surface area contributed by atoms with Gasteiger partial charge in [-0.1, -0.05) is 13.8 Å². The summed E-state index contributed by atoms with van der Waals surface area (Å²) in [5, 5.41) is 17.2. The maximum atomic E-state index is 10.5. The number of carbonyl (C=O) groups is 2. The molecule has 13 heavy (non-hydrogen) atoms. The molecule has 6 heteroatoms. The van der Waals surface area contributed by atoms with E-state index in [1.807, 2.05) is 0 Å². The molecule has 0 aromatic heterocycles. The van der Waals surface area contributed by atoms with Gasteiger partial charge in [0.05, 0.1) is 0 Å². The van der Waals surface area contributed by atoms with Gasteiger partial charge in [-0.05, 0) is 12.8 Å². The third-order valence-corrected chi connectivity index (χ3v) is 2.03. The number of hydrogen-bond donors (Lipinski definition) is 2. The molecule has 2 N–H and O–H groups in total. The Kier molecular flexibility index (Phi) is 11.6. The first-order valence-corrected chi connectivity index (χ1v) is 3.48. The van der Waals surface area contributed by atoms with Crippen LogP contribution >= 0.6 is 0 Å². The van der Waals surface area contributed by atoms with Crippen molar-refractivity contribution in [2.75, 3.05) is 0 Å². The Labute approximate surface area is 115 Å². The average molecular weight is 192 g/mol. The second-order valence-corrected chi connectivity index (χ2v) is 2.40. The molecule has 0 radical (unpaired) electrons. The molecule has 4 nitrogen and oxygen atoms in total. The molecule has 0 aliphatic heterocycles. The van der Waals surface area contributed by atoms with Crippen molar-refractivity contribution >= 4 is 11.9 Å². The van der Waals surface area contributed by atoms with Gasteiger partial charge in [-0.3, -0.25) is 9.59 Å². The van der Waals surface area contributed by atoms with Crippen molar-refractivity contribution in [1.82, 2.24) is 0 Å². The maximum absolute atomic E-state index is 10.5. The second kappa shape index (κ2) is 7.90. The topological polar surface area (TPSA) is 74.6 Å². The first kappa shape index (κ1) is 19.2. The first-order chi connectivity index (χ1) is 5.01. The van der Waals surface area contributed by atoms with Gasteiger partial charge in [-0.25, -0.2) is 0 Å². The zero-order chi connectivity index (χ0) is 9.07. The van der Waals surface area contributed by atoms with E-state index in [-0.39, 0.29) is 64.1 Å². The van der Waals surface area contributed by atoms with Crippen LogP contribution in [-0.4, -0.2) is 22.2 Å². The van der Waals surface area contributed by atoms with Gasteiger partial charge in [0.15, 0.2) is 5.41 Å². The van der Waals surface area contributed by atoms with Crippen molar-refractivity contribution in [2.45, 2.75) is 26.7 Å². The third-order valence-electron chi connectivity index (χ3n) is 2.03. The Morgan fingerprint density at radius 1 is 1.15 bits per heavy atom. The Morgan fingerprint density at radius 2 is 1.38 bits per heavy atom. The fourth-order valence-electron chi connectivity index (χ4n) is 0.946. The zero-order valence-corrected chi connectivity index (χ0v) is 10.6. The molecule has 0 saturated heterocycles. The van der Waals surface area contributed by atoms with Crippen LogP contribution in [0.5, 0.6) is 0 Å². The molecule has 0 aliphatic rings. The summed E-state index contributed by atoms with van der Waals surface area (Å²) in [4.78, 5) is 21.1. The summed E-state index contributed by atoms with van der Waals surface area (Å²) in [6.07, 6.45) is 0.238. The predicted molar refractivity (Wildman–Crippen MR) is 40.5 cm³/mol. The molecule has 0 rings (SSSR count). The average Bonchev–Trinajstić information content (AvgIpc) is 1.90. The number of aliphatic carboxylic acids is 2. The van der Waals surface area contributed by atoms with Crippen LogP contribution in [0.25, 0.3) is 0 Å². The van der Waals surface area contributed by atoms with E-state index >= 15 is 0 Å². The van der Waals surface area contributed by atoms with Crippen molar-refractivity contribution < 1.29 is 71.1 Å². The van der Waals surface area contributed by atoms with Crippen LogP contribution in [0, 0.1) is 5.41 Å². The minimum atomic E-state index is -1.58. The Balaban J connectivity index is -0.0000000833. The molecule has 0 amide bonds. The van der Waals surface area contributed by atoms with Crippen molar-refractivity contribution in [3.63, 3.8) is 0 Å². The van der Waals surface area contributed by atoms with Gasteiger partial charge in [-0.2, -0.15) is 0 Å². The molecule has 0 bridgehead atoms. The second-order valence-electron chi connectivity index (χ2n) is 2.40. The van der Waals surface area contributed by atoms with Crippen molar-refractivity contribution in [1.29, 1.82) is 0 Å². The molecular formula is C7H14LiNaO4. The fourth-order valence-corrected chi connectivity index (χ4v) is 0.946. The van der Waals surface area contributed by atoms with E-state index in [1.54, 1.807) is 13.8 Å². The Bertz CT molecular complexity index is 172. The zero-order valence-electron chi connectivity index (χ0n) is 10.6. The summed E-state index contributed by atoms with van der Waals surface area (Å²) in [5.74, 6) is -2.51. The van der Waals surface area contributed by atoms with E-state index < -0.39 is 17.4 Å². The molecule has 0 aliphatic carbocycles. The van der Waals surface area contributed by atoms with Gasteiger partial charge in [0.1, 0.15) is 0 Å². The quantitative estimate of drug-likeness (QED) is 0.346. The summed E-state index contributed by atoms with van der Waals surface area (Å²) < 4.78 is 0. The van der Waals surface area contributed by atoms with Gasteiger partial charge < -0.3 is 13.1 Å². The van der Waals surface area contributed by atoms with Crippen molar-refractivity contribution in [3.05, 3.63) is 0 Å². The minimum absolute atomic E-state index is 0. The fraction of sp³-hybridized carbons (Fsp3) is 0.714. The van der Waals surface area contributed by atoms with E-state index in [9.17, 15) is 9.59 Å². The van der Waals surface area contributed by atoms with Crippen molar-refractivity contribution in [3.8, 4) is 0 Å². The van der Waals surface area contributed by atoms with Crippen molar-refractivity contribution in [2.24, 2.45) is 5.41 Å². The van der Waals surface area contributed by atoms with Crippen LogP contribution in [0.3, 0.4) is 0 Å². The van der Waals surface area contributed by atoms with Gasteiger partial charge in [0.2, 0.25) is 0 Å². The molecule has 0 aromatic carbocycles. The van der Waals surface area contributed by atoms with Gasteiger partial charge >= 0.3 is 60.4 Å². The van der Waals surface area contributed by atoms with E-state index in [0.717, 1.165) is 0 Å². The molecular weight excluding hydrogens is 178 g/mol. The normalized spacial score (nSPS) is 9.38. The number of rotatable bonds is 4. The standard InChI is InChI=1S/C7H12O4.Li.Na.2H/c1-3-7(4-2,5(8)9)6(10)11;;;;/h3-4H2,1-2H3,(H,8,9)(H,10,11);;;;/q;2*+1;2*-1. The van der Waals surface area contributed by atoms with Crippen LogP contribution in [0.2, 0.25) is 0 Å². The van der Waals surface area contributed by atoms with Crippen LogP contribution in [0.4, 0.5) is 0 Å². The van der Waals surface area contributed by atoms with E-state index in [4.69, 9.17) is 10.2 Å². The maximum Gasteiger partial charge on any atom is 1.00 e. The van der Waals surface area contributed by atoms with Crippen LogP contribution in [0.15, 0.2) is 0 Å². The van der Waals surface area contributed by atoms with Gasteiger partial charge in [0, 0.05) is 0 Å². The molecule has 0 saturated carbocycles. The van der Waals surface area contributed by atoms with Gasteiger partial charge in [0.25, 0.3) is 0 Å². The summed E-state index contributed by atoms with van der Waals surface area (Å²) in [5.41, 5.74) is -1.58. The first-order valence-electron chi connectivity index (χ1n) is 3.48.